The van der Waals surface area contributed by atoms with Crippen molar-refractivity contribution in [2.75, 3.05) is 14.2 Å². The highest BCUT2D eigenvalue weighted by molar-refractivity contribution is 5.41. The number of benzene rings is 1. The number of nitrogens with one attached hydrogen (secondary N) is 1. The Bertz CT molecular complexity index is 531. The summed E-state index contributed by atoms with van der Waals surface area (Å²) in [5.74, 6) is 7.90. The van der Waals surface area contributed by atoms with Crippen LogP contribution in [0.3, 0.4) is 0 Å². The third-order valence-electron chi connectivity index (χ3n) is 2.99. The normalized spacial score (nSPS) is 12.2. The Labute approximate surface area is 112 Å². The van der Waals surface area contributed by atoms with E-state index in [-0.39, 0.29) is 6.04 Å². The summed E-state index contributed by atoms with van der Waals surface area (Å²) in [7, 11) is 5.15. The number of hydrazine groups is 1. The van der Waals surface area contributed by atoms with Crippen molar-refractivity contribution in [3.05, 3.63) is 42.0 Å². The fourth-order valence-corrected chi connectivity index (χ4v) is 1.97. The first-order valence-corrected chi connectivity index (χ1v) is 5.86. The van der Waals surface area contributed by atoms with E-state index < -0.39 is 0 Å². The molecule has 19 heavy (non-hydrogen) atoms. The van der Waals surface area contributed by atoms with Crippen LogP contribution in [0.2, 0.25) is 0 Å². The van der Waals surface area contributed by atoms with Crippen molar-refractivity contribution in [2.24, 2.45) is 12.9 Å². The van der Waals surface area contributed by atoms with Gasteiger partial charge in [-0.2, -0.15) is 0 Å². The molecule has 0 spiro atoms. The van der Waals surface area contributed by atoms with Gasteiger partial charge in [-0.05, 0) is 17.7 Å². The van der Waals surface area contributed by atoms with E-state index in [9.17, 15) is 0 Å². The van der Waals surface area contributed by atoms with Crippen molar-refractivity contribution in [2.45, 2.75) is 6.04 Å². The smallest absolute Gasteiger partial charge is 0.131 e. The number of imidazole rings is 1. The molecule has 0 fully saturated rings. The van der Waals surface area contributed by atoms with E-state index in [0.717, 1.165) is 11.4 Å². The highest BCUT2D eigenvalue weighted by Crippen LogP contribution is 2.28. The summed E-state index contributed by atoms with van der Waals surface area (Å²) in [6.07, 6.45) is 3.61. The molecule has 6 nitrogen and oxygen atoms in total. The molecule has 1 aromatic carbocycles. The SMILES string of the molecule is COc1cc(OC)cc(C(NN)c2nccn2C)c1. The van der Waals surface area contributed by atoms with Gasteiger partial charge in [-0.25, -0.2) is 10.4 Å². The Balaban J connectivity index is 2.46. The quantitative estimate of drug-likeness (QED) is 0.621. The van der Waals surface area contributed by atoms with Gasteiger partial charge in [0.2, 0.25) is 0 Å². The number of methoxy groups -OCH3 is 2. The summed E-state index contributed by atoms with van der Waals surface area (Å²) in [5, 5.41) is 0. The van der Waals surface area contributed by atoms with Gasteiger partial charge < -0.3 is 14.0 Å². The second-order valence-corrected chi connectivity index (χ2v) is 4.14. The third-order valence-corrected chi connectivity index (χ3v) is 2.99. The molecule has 0 saturated heterocycles. The van der Waals surface area contributed by atoms with E-state index in [1.54, 1.807) is 20.4 Å². The Kier molecular flexibility index (Phi) is 4.03. The molecule has 0 saturated carbocycles. The molecule has 0 amide bonds. The first-order chi connectivity index (χ1) is 9.19. The molecule has 3 N–H and O–H groups in total. The predicted molar refractivity (Wildman–Crippen MR) is 71.9 cm³/mol. The number of aromatic nitrogens is 2. The lowest BCUT2D eigenvalue weighted by Crippen LogP contribution is -2.30. The number of rotatable bonds is 5. The summed E-state index contributed by atoms with van der Waals surface area (Å²) in [6, 6.07) is 5.39. The number of nitrogens with zero attached hydrogens (tertiary/aromatic N) is 2. The largest absolute Gasteiger partial charge is 0.497 e. The standard InChI is InChI=1S/C13H18N4O2/c1-17-5-4-15-13(17)12(16-14)9-6-10(18-2)8-11(7-9)19-3/h4-8,12,16H,14H2,1-3H3. The van der Waals surface area contributed by atoms with E-state index in [4.69, 9.17) is 15.3 Å². The summed E-state index contributed by atoms with van der Waals surface area (Å²) in [5.41, 5.74) is 3.69. The van der Waals surface area contributed by atoms with Crippen LogP contribution in [0.15, 0.2) is 30.6 Å². The van der Waals surface area contributed by atoms with Crippen LogP contribution in [0.5, 0.6) is 11.5 Å². The molecule has 0 radical (unpaired) electrons. The first-order valence-electron chi connectivity index (χ1n) is 5.86. The van der Waals surface area contributed by atoms with Crippen LogP contribution in [0.1, 0.15) is 17.4 Å². The highest BCUT2D eigenvalue weighted by atomic mass is 16.5. The minimum Gasteiger partial charge on any atom is -0.497 e. The summed E-state index contributed by atoms with van der Waals surface area (Å²) in [6.45, 7) is 0. The highest BCUT2D eigenvalue weighted by Gasteiger charge is 2.18. The molecule has 1 atom stereocenters. The molecule has 1 unspecified atom stereocenters. The average molecular weight is 262 g/mol. The Morgan fingerprint density at radius 3 is 2.26 bits per heavy atom. The molecule has 102 valence electrons. The van der Waals surface area contributed by atoms with Crippen LogP contribution < -0.4 is 20.7 Å². The van der Waals surface area contributed by atoms with Crippen molar-refractivity contribution in [3.63, 3.8) is 0 Å². The molecule has 0 aliphatic heterocycles. The lowest BCUT2D eigenvalue weighted by Gasteiger charge is -2.18. The molecule has 0 bridgehead atoms. The minimum atomic E-state index is -0.232. The molecule has 0 aliphatic rings. The van der Waals surface area contributed by atoms with Crippen LogP contribution in [0, 0.1) is 0 Å². The molecule has 2 aromatic rings. The number of ether oxygens (including phenoxy) is 2. The molecule has 6 heteroatoms. The lowest BCUT2D eigenvalue weighted by molar-refractivity contribution is 0.392. The third kappa shape index (κ3) is 2.69. The van der Waals surface area contributed by atoms with Crippen LogP contribution in [0.25, 0.3) is 0 Å². The van der Waals surface area contributed by atoms with Gasteiger partial charge in [0.05, 0.1) is 14.2 Å². The zero-order valence-corrected chi connectivity index (χ0v) is 11.3. The van der Waals surface area contributed by atoms with E-state index in [2.05, 4.69) is 10.4 Å². The number of hydrogen-bond acceptors (Lipinski definition) is 5. The number of nitrogens with two attached hydrogens (primary N) is 1. The monoisotopic (exact) mass is 262 g/mol. The maximum atomic E-state index is 5.66. The molecule has 2 rings (SSSR count). The van der Waals surface area contributed by atoms with Crippen molar-refractivity contribution >= 4 is 0 Å². The van der Waals surface area contributed by atoms with E-state index in [0.29, 0.717) is 11.5 Å². The van der Waals surface area contributed by atoms with Crippen molar-refractivity contribution < 1.29 is 9.47 Å². The fraction of sp³-hybridized carbons (Fsp3) is 0.308. The Morgan fingerprint density at radius 2 is 1.84 bits per heavy atom. The maximum Gasteiger partial charge on any atom is 0.131 e. The topological polar surface area (TPSA) is 74.3 Å². The van der Waals surface area contributed by atoms with E-state index in [1.807, 2.05) is 36.0 Å². The second kappa shape index (κ2) is 5.73. The van der Waals surface area contributed by atoms with Gasteiger partial charge in [0.25, 0.3) is 0 Å². The average Bonchev–Trinajstić information content (AvgIpc) is 2.85. The predicted octanol–water partition coefficient (Wildman–Crippen LogP) is 0.990. The number of hydrogen-bond donors (Lipinski definition) is 2. The lowest BCUT2D eigenvalue weighted by atomic mass is 10.1. The van der Waals surface area contributed by atoms with Gasteiger partial charge in [0.1, 0.15) is 23.4 Å². The molecular formula is C13H18N4O2. The molecule has 1 heterocycles. The first kappa shape index (κ1) is 13.4. The summed E-state index contributed by atoms with van der Waals surface area (Å²) >= 11 is 0. The fourth-order valence-electron chi connectivity index (χ4n) is 1.97. The second-order valence-electron chi connectivity index (χ2n) is 4.14. The maximum absolute atomic E-state index is 5.66. The Morgan fingerprint density at radius 1 is 1.21 bits per heavy atom. The van der Waals surface area contributed by atoms with Gasteiger partial charge in [0, 0.05) is 25.5 Å². The molecule has 1 aromatic heterocycles. The van der Waals surface area contributed by atoms with Gasteiger partial charge in [-0.1, -0.05) is 0 Å². The van der Waals surface area contributed by atoms with Crippen molar-refractivity contribution in [1.82, 2.24) is 15.0 Å². The van der Waals surface area contributed by atoms with Crippen molar-refractivity contribution in [1.29, 1.82) is 0 Å². The zero-order chi connectivity index (χ0) is 13.8. The molecule has 0 aliphatic carbocycles. The van der Waals surface area contributed by atoms with E-state index in [1.165, 1.54) is 0 Å². The van der Waals surface area contributed by atoms with Gasteiger partial charge in [-0.15, -0.1) is 0 Å². The zero-order valence-electron chi connectivity index (χ0n) is 11.3. The van der Waals surface area contributed by atoms with Gasteiger partial charge >= 0.3 is 0 Å². The van der Waals surface area contributed by atoms with Gasteiger partial charge in [-0.3, -0.25) is 5.84 Å². The van der Waals surface area contributed by atoms with E-state index >= 15 is 0 Å². The Hall–Kier alpha value is -2.05. The number of aryl methyl sites for hydroxylation is 1. The summed E-state index contributed by atoms with van der Waals surface area (Å²) < 4.78 is 12.4. The van der Waals surface area contributed by atoms with Crippen molar-refractivity contribution in [3.8, 4) is 11.5 Å². The van der Waals surface area contributed by atoms with Gasteiger partial charge in [0.15, 0.2) is 0 Å². The summed E-state index contributed by atoms with van der Waals surface area (Å²) in [4.78, 5) is 4.31. The van der Waals surface area contributed by atoms with Crippen LogP contribution in [-0.4, -0.2) is 23.8 Å². The van der Waals surface area contributed by atoms with Crippen LogP contribution >= 0.6 is 0 Å². The minimum absolute atomic E-state index is 0.232. The molecular weight excluding hydrogens is 244 g/mol. The van der Waals surface area contributed by atoms with Crippen LogP contribution in [0.4, 0.5) is 0 Å². The van der Waals surface area contributed by atoms with Crippen LogP contribution in [-0.2, 0) is 7.05 Å².